The molecule has 4 rings (SSSR count). The van der Waals surface area contributed by atoms with Gasteiger partial charge in [-0.05, 0) is 61.3 Å². The molecule has 6 nitrogen and oxygen atoms in total. The van der Waals surface area contributed by atoms with Crippen molar-refractivity contribution >= 4 is 10.0 Å². The molecule has 1 aliphatic carbocycles. The third kappa shape index (κ3) is 3.75. The van der Waals surface area contributed by atoms with Gasteiger partial charge in [-0.15, -0.1) is 0 Å². The van der Waals surface area contributed by atoms with E-state index < -0.39 is 10.0 Å². The minimum absolute atomic E-state index is 0.293. The summed E-state index contributed by atoms with van der Waals surface area (Å²) in [7, 11) is -1.42. The van der Waals surface area contributed by atoms with Gasteiger partial charge in [-0.3, -0.25) is 0 Å². The van der Waals surface area contributed by atoms with Gasteiger partial charge in [-0.1, -0.05) is 0 Å². The van der Waals surface area contributed by atoms with Gasteiger partial charge in [0, 0.05) is 32.0 Å². The molecule has 0 bridgehead atoms. The fraction of sp³-hybridized carbons (Fsp3) is 0.550. The summed E-state index contributed by atoms with van der Waals surface area (Å²) >= 11 is 0. The minimum atomic E-state index is -3.13. The molecule has 0 saturated carbocycles. The number of aromatic nitrogens is 2. The minimum Gasteiger partial charge on any atom is -0.496 e. The average molecular weight is 390 g/mol. The second-order valence-electron chi connectivity index (χ2n) is 7.71. The molecular weight excluding hydrogens is 362 g/mol. The zero-order valence-corrected chi connectivity index (χ0v) is 16.8. The van der Waals surface area contributed by atoms with Crippen molar-refractivity contribution in [2.75, 3.05) is 26.5 Å². The summed E-state index contributed by atoms with van der Waals surface area (Å²) in [4.78, 5) is 4.60. The quantitative estimate of drug-likeness (QED) is 0.789. The number of nitrogens with zero attached hydrogens (tertiary/aromatic N) is 3. The first-order valence-electron chi connectivity index (χ1n) is 9.62. The maximum absolute atomic E-state index is 11.9. The van der Waals surface area contributed by atoms with Crippen molar-refractivity contribution in [2.45, 2.75) is 38.6 Å². The third-order valence-electron chi connectivity index (χ3n) is 5.78. The van der Waals surface area contributed by atoms with E-state index in [0.29, 0.717) is 19.0 Å². The molecule has 0 amide bonds. The van der Waals surface area contributed by atoms with E-state index in [0.717, 1.165) is 49.4 Å². The Morgan fingerprint density at radius 1 is 1.22 bits per heavy atom. The van der Waals surface area contributed by atoms with Crippen LogP contribution in [0.5, 0.6) is 5.75 Å². The molecule has 1 saturated heterocycles. The highest BCUT2D eigenvalue weighted by Gasteiger charge is 2.27. The van der Waals surface area contributed by atoms with E-state index >= 15 is 0 Å². The topological polar surface area (TPSA) is 64.4 Å². The van der Waals surface area contributed by atoms with Crippen LogP contribution in [0.15, 0.2) is 24.5 Å². The van der Waals surface area contributed by atoms with Crippen LogP contribution >= 0.6 is 0 Å². The molecule has 1 aromatic carbocycles. The van der Waals surface area contributed by atoms with Crippen LogP contribution in [-0.2, 0) is 29.4 Å². The SMILES string of the molecule is COc1cc2c(cc1-c1nccn1CC1CCCN(S(C)(=O)=O)C1)CCC2. The molecule has 2 aromatic rings. The Bertz CT molecular complexity index is 936. The maximum atomic E-state index is 11.9. The highest BCUT2D eigenvalue weighted by Crippen LogP contribution is 2.36. The number of ether oxygens (including phenoxy) is 1. The van der Waals surface area contributed by atoms with E-state index in [-0.39, 0.29) is 0 Å². The van der Waals surface area contributed by atoms with Crippen molar-refractivity contribution in [1.82, 2.24) is 13.9 Å². The number of piperidine rings is 1. The van der Waals surface area contributed by atoms with Crippen LogP contribution in [0.1, 0.15) is 30.4 Å². The molecule has 2 heterocycles. The molecule has 0 N–H and O–H groups in total. The highest BCUT2D eigenvalue weighted by atomic mass is 32.2. The summed E-state index contributed by atoms with van der Waals surface area (Å²) in [6.45, 7) is 1.98. The largest absolute Gasteiger partial charge is 0.496 e. The van der Waals surface area contributed by atoms with E-state index in [2.05, 4.69) is 21.7 Å². The second kappa shape index (κ2) is 7.28. The van der Waals surface area contributed by atoms with Gasteiger partial charge in [-0.2, -0.15) is 0 Å². The number of benzene rings is 1. The highest BCUT2D eigenvalue weighted by molar-refractivity contribution is 7.88. The van der Waals surface area contributed by atoms with Gasteiger partial charge < -0.3 is 9.30 Å². The van der Waals surface area contributed by atoms with Gasteiger partial charge in [-0.25, -0.2) is 17.7 Å². The summed E-state index contributed by atoms with van der Waals surface area (Å²) < 4.78 is 33.2. The molecule has 27 heavy (non-hydrogen) atoms. The fourth-order valence-corrected chi connectivity index (χ4v) is 5.34. The van der Waals surface area contributed by atoms with Crippen LogP contribution in [0.2, 0.25) is 0 Å². The standard InChI is InChI=1S/C20H27N3O3S/c1-26-19-12-17-7-3-6-16(17)11-18(19)20-21-8-10-22(20)13-15-5-4-9-23(14-15)27(2,24)25/h8,10-12,15H,3-7,9,13-14H2,1-2H3. The van der Waals surface area contributed by atoms with Crippen molar-refractivity contribution in [2.24, 2.45) is 5.92 Å². The van der Waals surface area contributed by atoms with E-state index in [4.69, 9.17) is 4.74 Å². The number of rotatable bonds is 5. The summed E-state index contributed by atoms with van der Waals surface area (Å²) in [6.07, 6.45) is 10.5. The summed E-state index contributed by atoms with van der Waals surface area (Å²) in [5, 5.41) is 0. The van der Waals surface area contributed by atoms with Crippen LogP contribution in [-0.4, -0.2) is 48.7 Å². The van der Waals surface area contributed by atoms with Crippen molar-refractivity contribution in [3.8, 4) is 17.1 Å². The molecule has 7 heteroatoms. The van der Waals surface area contributed by atoms with Crippen molar-refractivity contribution < 1.29 is 13.2 Å². The zero-order chi connectivity index (χ0) is 19.0. The molecule has 0 spiro atoms. The van der Waals surface area contributed by atoms with Crippen LogP contribution in [0, 0.1) is 5.92 Å². The first-order chi connectivity index (χ1) is 13.0. The summed E-state index contributed by atoms with van der Waals surface area (Å²) in [6, 6.07) is 4.38. The lowest BCUT2D eigenvalue weighted by Gasteiger charge is -2.31. The molecule has 1 atom stereocenters. The Kier molecular flexibility index (Phi) is 4.99. The van der Waals surface area contributed by atoms with E-state index in [9.17, 15) is 8.42 Å². The number of aryl methyl sites for hydroxylation is 2. The molecule has 0 radical (unpaired) electrons. The van der Waals surface area contributed by atoms with Gasteiger partial charge >= 0.3 is 0 Å². The summed E-state index contributed by atoms with van der Waals surface area (Å²) in [5.41, 5.74) is 3.80. The average Bonchev–Trinajstić information content (AvgIpc) is 3.28. The molecule has 146 valence electrons. The van der Waals surface area contributed by atoms with E-state index in [1.807, 2.05) is 12.4 Å². The molecule has 1 fully saturated rings. The lowest BCUT2D eigenvalue weighted by molar-refractivity contribution is 0.247. The smallest absolute Gasteiger partial charge is 0.211 e. The summed E-state index contributed by atoms with van der Waals surface area (Å²) in [5.74, 6) is 2.06. The van der Waals surface area contributed by atoms with Gasteiger partial charge in [0.05, 0.1) is 18.9 Å². The van der Waals surface area contributed by atoms with Gasteiger partial charge in [0.25, 0.3) is 0 Å². The third-order valence-corrected chi connectivity index (χ3v) is 7.05. The first kappa shape index (κ1) is 18.5. The van der Waals surface area contributed by atoms with Gasteiger partial charge in [0.2, 0.25) is 10.0 Å². The number of hydrogen-bond donors (Lipinski definition) is 0. The lowest BCUT2D eigenvalue weighted by Crippen LogP contribution is -2.40. The molecule has 1 aliphatic heterocycles. The Morgan fingerprint density at radius 3 is 2.74 bits per heavy atom. The second-order valence-corrected chi connectivity index (χ2v) is 9.69. The van der Waals surface area contributed by atoms with Crippen molar-refractivity contribution in [3.05, 3.63) is 35.7 Å². The predicted octanol–water partition coefficient (Wildman–Crippen LogP) is 2.72. The molecule has 1 aromatic heterocycles. The van der Waals surface area contributed by atoms with Crippen LogP contribution in [0.3, 0.4) is 0 Å². The molecule has 1 unspecified atom stereocenters. The van der Waals surface area contributed by atoms with E-state index in [1.54, 1.807) is 11.4 Å². The normalized spacial score (nSPS) is 20.6. The van der Waals surface area contributed by atoms with Crippen molar-refractivity contribution in [1.29, 1.82) is 0 Å². The van der Waals surface area contributed by atoms with Crippen LogP contribution in [0.25, 0.3) is 11.4 Å². The predicted molar refractivity (Wildman–Crippen MR) is 105 cm³/mol. The maximum Gasteiger partial charge on any atom is 0.211 e. The Morgan fingerprint density at radius 2 is 2.00 bits per heavy atom. The number of hydrogen-bond acceptors (Lipinski definition) is 4. The number of imidazole rings is 1. The van der Waals surface area contributed by atoms with Crippen molar-refractivity contribution in [3.63, 3.8) is 0 Å². The number of fused-ring (bicyclic) bond motifs is 1. The zero-order valence-electron chi connectivity index (χ0n) is 16.0. The number of sulfonamides is 1. The molecule has 2 aliphatic rings. The first-order valence-corrected chi connectivity index (χ1v) is 11.5. The number of methoxy groups -OCH3 is 1. The van der Waals surface area contributed by atoms with Crippen LogP contribution in [0.4, 0.5) is 0 Å². The van der Waals surface area contributed by atoms with Gasteiger partial charge in [0.1, 0.15) is 11.6 Å². The van der Waals surface area contributed by atoms with E-state index in [1.165, 1.54) is 23.8 Å². The monoisotopic (exact) mass is 389 g/mol. The fourth-order valence-electron chi connectivity index (χ4n) is 4.40. The Labute approximate surface area is 161 Å². The van der Waals surface area contributed by atoms with Gasteiger partial charge in [0.15, 0.2) is 0 Å². The van der Waals surface area contributed by atoms with Crippen LogP contribution < -0.4 is 4.74 Å². The molecular formula is C20H27N3O3S. The lowest BCUT2D eigenvalue weighted by atomic mass is 9.99. The Balaban J connectivity index is 1.61. The Hall–Kier alpha value is -1.86.